The Hall–Kier alpha value is 0.415. The molecule has 0 heterocycles. The monoisotopic (exact) mass is 177 g/mol. The number of hydrogen-bond acceptors (Lipinski definition) is 0. The van der Waals surface area contributed by atoms with Crippen molar-refractivity contribution in [3.05, 3.63) is 42.3 Å². The summed E-state index contributed by atoms with van der Waals surface area (Å²) in [6.45, 7) is 4.53. The summed E-state index contributed by atoms with van der Waals surface area (Å²) < 4.78 is 0. The van der Waals surface area contributed by atoms with E-state index < -0.39 is 0 Å². The van der Waals surface area contributed by atoms with Crippen molar-refractivity contribution in [2.45, 2.75) is 26.7 Å². The van der Waals surface area contributed by atoms with Crippen LogP contribution < -0.4 is 0 Å². The second-order valence-corrected chi connectivity index (χ2v) is 3.36. The van der Waals surface area contributed by atoms with Crippen LogP contribution in [0.25, 0.3) is 0 Å². The minimum absolute atomic E-state index is 0. The van der Waals surface area contributed by atoms with Gasteiger partial charge in [-0.2, -0.15) is 0 Å². The summed E-state index contributed by atoms with van der Waals surface area (Å²) in [4.78, 5) is 0. The molecule has 0 aromatic heterocycles. The molecule has 0 bridgehead atoms. The summed E-state index contributed by atoms with van der Waals surface area (Å²) in [5.74, 6) is 0.810. The Morgan fingerprint density at radius 2 is 1.71 bits per heavy atom. The number of benzene rings is 1. The van der Waals surface area contributed by atoms with Gasteiger partial charge in [0, 0.05) is 0 Å². The fourth-order valence-corrected chi connectivity index (χ4v) is 1.09. The second kappa shape index (κ2) is 9.95. The van der Waals surface area contributed by atoms with Crippen molar-refractivity contribution in [3.8, 4) is 0 Å². The van der Waals surface area contributed by atoms with Crippen molar-refractivity contribution in [3.63, 3.8) is 0 Å². The van der Waals surface area contributed by atoms with E-state index in [4.69, 9.17) is 0 Å². The number of rotatable bonds is 4. The molecule has 0 nitrogen and oxygen atoms in total. The molecule has 1 radical (unpaired) electrons. The summed E-state index contributed by atoms with van der Waals surface area (Å²) in [6.07, 6.45) is 4.78. The zero-order chi connectivity index (χ0) is 8.81. The van der Waals surface area contributed by atoms with Gasteiger partial charge in [0.2, 0.25) is 0 Å². The molecule has 0 saturated carbocycles. The molecule has 1 aromatic rings. The molecule has 1 unspecified atom stereocenters. The van der Waals surface area contributed by atoms with Crippen LogP contribution in [0.3, 0.4) is 0 Å². The molecular weight excluding hydrogens is 158 g/mol. The van der Waals surface area contributed by atoms with Crippen molar-refractivity contribution in [1.82, 2.24) is 0 Å². The molecule has 0 amide bonds. The first-order valence-corrected chi connectivity index (χ1v) is 4.71. The molecule has 0 N–H and O–H groups in total. The molecule has 0 spiro atoms. The minimum atomic E-state index is 0. The molecule has 69 valence electrons. The van der Waals surface area contributed by atoms with Gasteiger partial charge in [-0.25, -0.2) is 0 Å². The van der Waals surface area contributed by atoms with E-state index in [1.807, 2.05) is 0 Å². The van der Waals surface area contributed by atoms with Crippen LogP contribution in [-0.2, 0) is 0 Å². The Morgan fingerprint density at radius 1 is 1.14 bits per heavy atom. The van der Waals surface area contributed by atoms with Gasteiger partial charge in [0.25, 0.3) is 0 Å². The van der Waals surface area contributed by atoms with Crippen LogP contribution in [0.4, 0.5) is 0 Å². The third-order valence-electron chi connectivity index (χ3n) is 2.25. The van der Waals surface area contributed by atoms with Crippen LogP contribution in [0.5, 0.6) is 0 Å². The summed E-state index contributed by atoms with van der Waals surface area (Å²) in [7, 11) is 0. The van der Waals surface area contributed by atoms with Gasteiger partial charge >= 0.3 is 37.7 Å². The average molecular weight is 177 g/mol. The van der Waals surface area contributed by atoms with Crippen LogP contribution >= 0.6 is 0 Å². The van der Waals surface area contributed by atoms with Crippen molar-refractivity contribution in [2.24, 2.45) is 5.92 Å². The molecule has 1 rings (SSSR count). The molecule has 2 heteroatoms. The van der Waals surface area contributed by atoms with Crippen LogP contribution in [0, 0.1) is 12.3 Å². The first kappa shape index (κ1) is 16.8. The summed E-state index contributed by atoms with van der Waals surface area (Å²) in [5.41, 5.74) is 1.35. The van der Waals surface area contributed by atoms with E-state index in [9.17, 15) is 0 Å². The Labute approximate surface area is 112 Å². The quantitative estimate of drug-likeness (QED) is 0.619. The van der Waals surface area contributed by atoms with Gasteiger partial charge in [0.15, 0.2) is 0 Å². The second-order valence-electron chi connectivity index (χ2n) is 3.36. The molecule has 0 aliphatic carbocycles. The first-order valence-electron chi connectivity index (χ1n) is 4.71. The Morgan fingerprint density at radius 3 is 2.21 bits per heavy atom. The normalized spacial score (nSPS) is 11.0. The maximum atomic E-state index is 2.31. The third kappa shape index (κ3) is 6.81. The average Bonchev–Trinajstić information content (AvgIpc) is 2.16. The van der Waals surface area contributed by atoms with E-state index in [-0.39, 0.29) is 37.7 Å². The summed E-state index contributed by atoms with van der Waals surface area (Å²) in [5, 5.41) is 0. The van der Waals surface area contributed by atoms with E-state index >= 15 is 0 Å². The van der Waals surface area contributed by atoms with Gasteiger partial charge in [-0.05, 0) is 24.3 Å². The zero-order valence-corrected chi connectivity index (χ0v) is 7.96. The van der Waals surface area contributed by atoms with Crippen molar-refractivity contribution < 1.29 is 0 Å². The molecule has 0 aliphatic heterocycles. The fourth-order valence-electron chi connectivity index (χ4n) is 1.09. The van der Waals surface area contributed by atoms with Crippen LogP contribution in [0.2, 0.25) is 0 Å². The summed E-state index contributed by atoms with van der Waals surface area (Å²) >= 11 is 0. The zero-order valence-electron chi connectivity index (χ0n) is 7.96. The van der Waals surface area contributed by atoms with Gasteiger partial charge in [0.05, 0.1) is 0 Å². The molecule has 1 atom stereocenters. The van der Waals surface area contributed by atoms with E-state index in [2.05, 4.69) is 50.6 Å². The molecule has 1 aromatic carbocycles. The van der Waals surface area contributed by atoms with Gasteiger partial charge in [-0.15, -0.1) is 0 Å². The van der Waals surface area contributed by atoms with Crippen LogP contribution in [0.1, 0.15) is 32.3 Å². The van der Waals surface area contributed by atoms with E-state index in [1.54, 1.807) is 0 Å². The fraction of sp³-hybridized carbons (Fsp3) is 0.417. The third-order valence-corrected chi connectivity index (χ3v) is 2.25. The van der Waals surface area contributed by atoms with E-state index in [0.717, 1.165) is 5.92 Å². The van der Waals surface area contributed by atoms with Gasteiger partial charge in [0.1, 0.15) is 0 Å². The molecule has 0 aliphatic rings. The number of hydrogen-bond donors (Lipinski definition) is 0. The molecule has 0 saturated heterocycles. The van der Waals surface area contributed by atoms with Gasteiger partial charge in [-0.3, -0.25) is 0 Å². The predicted octanol–water partition coefficient (Wildman–Crippen LogP) is 2.38. The standard InChI is InChI=1S/C12H17.2Li.2H/c1-3-11(2)9-10-12-7-5-4-6-8-12;;;;/h4-8,10-11H,3,9H2,1-2H3;;;;. The predicted molar refractivity (Wildman–Crippen MR) is 68.2 cm³/mol. The molecular formula is C12H19Li2. The van der Waals surface area contributed by atoms with Crippen LogP contribution in [0.15, 0.2) is 30.3 Å². The Balaban J connectivity index is 0. The van der Waals surface area contributed by atoms with Crippen molar-refractivity contribution in [1.29, 1.82) is 0 Å². The topological polar surface area (TPSA) is 0 Å². The van der Waals surface area contributed by atoms with Crippen molar-refractivity contribution in [2.75, 3.05) is 0 Å². The van der Waals surface area contributed by atoms with E-state index in [1.165, 1.54) is 18.4 Å². The first-order chi connectivity index (χ1) is 5.83. The summed E-state index contributed by atoms with van der Waals surface area (Å²) in [6, 6.07) is 10.5. The van der Waals surface area contributed by atoms with Gasteiger partial charge in [-0.1, -0.05) is 50.6 Å². The Bertz CT molecular complexity index is 209. The maximum absolute atomic E-state index is 2.31. The SMILES string of the molecule is CCC(C)C[CH]c1ccccc1.[LiH].[LiH]. The molecule has 14 heavy (non-hydrogen) atoms. The van der Waals surface area contributed by atoms with Crippen LogP contribution in [-0.4, -0.2) is 37.7 Å². The Kier molecular flexibility index (Phi) is 12.0. The van der Waals surface area contributed by atoms with E-state index in [0.29, 0.717) is 0 Å². The van der Waals surface area contributed by atoms with Gasteiger partial charge < -0.3 is 0 Å². The van der Waals surface area contributed by atoms with Crippen molar-refractivity contribution >= 4 is 37.7 Å². The molecule has 0 fully saturated rings.